The molecule has 0 radical (unpaired) electrons. The van der Waals surface area contributed by atoms with E-state index in [2.05, 4.69) is 5.10 Å². The lowest BCUT2D eigenvalue weighted by molar-refractivity contribution is 0.0693. The molecule has 2 aromatic carbocycles. The quantitative estimate of drug-likeness (QED) is 0.558. The summed E-state index contributed by atoms with van der Waals surface area (Å²) < 4.78 is 44.2. The molecule has 1 amide bonds. The van der Waals surface area contributed by atoms with E-state index in [4.69, 9.17) is 5.26 Å². The average molecular weight is 482 g/mol. The van der Waals surface area contributed by atoms with Crippen molar-refractivity contribution in [3.8, 4) is 6.07 Å². The molecule has 4 rings (SSSR count). The van der Waals surface area contributed by atoms with Gasteiger partial charge in [0.15, 0.2) is 0 Å². The van der Waals surface area contributed by atoms with E-state index < -0.39 is 21.7 Å². The Hall–Kier alpha value is -3.55. The van der Waals surface area contributed by atoms with Crippen molar-refractivity contribution in [1.29, 1.82) is 5.26 Å². The van der Waals surface area contributed by atoms with Gasteiger partial charge in [-0.1, -0.05) is 30.3 Å². The molecule has 3 aromatic rings. The van der Waals surface area contributed by atoms with E-state index in [9.17, 15) is 17.6 Å². The van der Waals surface area contributed by atoms with E-state index >= 15 is 0 Å². The number of halogens is 1. The van der Waals surface area contributed by atoms with Gasteiger partial charge in [0.25, 0.3) is 5.91 Å². The first-order valence-corrected chi connectivity index (χ1v) is 12.2. The lowest BCUT2D eigenvalue weighted by atomic mass is 10.1. The molecule has 0 N–H and O–H groups in total. The van der Waals surface area contributed by atoms with Crippen molar-refractivity contribution in [1.82, 2.24) is 19.0 Å². The largest absolute Gasteiger partial charge is 0.336 e. The summed E-state index contributed by atoms with van der Waals surface area (Å²) in [6.45, 7) is 4.32. The van der Waals surface area contributed by atoms with Crippen LogP contribution in [0.3, 0.4) is 0 Å². The van der Waals surface area contributed by atoms with Gasteiger partial charge in [-0.3, -0.25) is 9.48 Å². The van der Waals surface area contributed by atoms with E-state index in [1.807, 2.05) is 36.4 Å². The number of amides is 1. The number of nitriles is 1. The number of piperazine rings is 1. The molecule has 1 aromatic heterocycles. The van der Waals surface area contributed by atoms with E-state index in [1.165, 1.54) is 21.3 Å². The monoisotopic (exact) mass is 481 g/mol. The van der Waals surface area contributed by atoms with Gasteiger partial charge < -0.3 is 4.90 Å². The van der Waals surface area contributed by atoms with Crippen molar-refractivity contribution in [3.63, 3.8) is 0 Å². The van der Waals surface area contributed by atoms with Gasteiger partial charge in [0.2, 0.25) is 10.0 Å². The number of hydrogen-bond donors (Lipinski definition) is 0. The van der Waals surface area contributed by atoms with Crippen LogP contribution in [0.1, 0.15) is 32.9 Å². The number of aryl methyl sites for hydroxylation is 1. The molecule has 34 heavy (non-hydrogen) atoms. The van der Waals surface area contributed by atoms with Gasteiger partial charge in [-0.05, 0) is 37.6 Å². The number of carbonyl (C=O) groups excluding carboxylic acids is 1. The zero-order chi connectivity index (χ0) is 24.5. The third-order valence-corrected chi connectivity index (χ3v) is 8.09. The summed E-state index contributed by atoms with van der Waals surface area (Å²) in [5.74, 6) is -1.29. The number of rotatable bonds is 5. The number of aromatic nitrogens is 2. The highest BCUT2D eigenvalue weighted by molar-refractivity contribution is 7.89. The Bertz CT molecular complexity index is 1370. The number of benzene rings is 2. The second kappa shape index (κ2) is 9.37. The minimum absolute atomic E-state index is 0.0920. The maximum Gasteiger partial charge on any atom is 0.256 e. The van der Waals surface area contributed by atoms with Gasteiger partial charge in [-0.15, -0.1) is 0 Å². The van der Waals surface area contributed by atoms with Crippen LogP contribution in [0.4, 0.5) is 4.39 Å². The molecule has 1 fully saturated rings. The number of sulfonamides is 1. The third kappa shape index (κ3) is 4.44. The van der Waals surface area contributed by atoms with E-state index in [1.54, 1.807) is 18.5 Å². The lowest BCUT2D eigenvalue weighted by Gasteiger charge is -2.34. The van der Waals surface area contributed by atoms with Crippen LogP contribution in [-0.4, -0.2) is 59.5 Å². The molecular weight excluding hydrogens is 457 g/mol. The Kier molecular flexibility index (Phi) is 6.50. The standard InChI is InChI=1S/C24H24FN5O3S/c1-17-23(18(2)30(27-17)16-19-6-4-3-5-7-19)34(32,33)29-12-10-28(11-13-29)24(31)21-9-8-20(15-26)14-22(21)25/h3-9,14H,10-13,16H2,1-2H3. The van der Waals surface area contributed by atoms with Gasteiger partial charge >= 0.3 is 0 Å². The SMILES string of the molecule is Cc1nn(Cc2ccccc2)c(C)c1S(=O)(=O)N1CCN(C(=O)c2ccc(C#N)cc2F)CC1. The van der Waals surface area contributed by atoms with Crippen molar-refractivity contribution in [2.45, 2.75) is 25.3 Å². The topological polar surface area (TPSA) is 99.3 Å². The molecule has 0 spiro atoms. The molecule has 0 atom stereocenters. The fourth-order valence-electron chi connectivity index (χ4n) is 4.15. The molecule has 1 aliphatic rings. The van der Waals surface area contributed by atoms with Crippen LogP contribution >= 0.6 is 0 Å². The summed E-state index contributed by atoms with van der Waals surface area (Å²) >= 11 is 0. The van der Waals surface area contributed by atoms with Gasteiger partial charge in [-0.2, -0.15) is 14.7 Å². The molecular formula is C24H24FN5O3S. The number of carbonyl (C=O) groups is 1. The molecule has 0 unspecified atom stereocenters. The highest BCUT2D eigenvalue weighted by Gasteiger charge is 2.34. The van der Waals surface area contributed by atoms with Crippen LogP contribution in [-0.2, 0) is 16.6 Å². The number of nitrogens with zero attached hydrogens (tertiary/aromatic N) is 5. The minimum Gasteiger partial charge on any atom is -0.336 e. The Morgan fingerprint density at radius 2 is 1.76 bits per heavy atom. The number of hydrogen-bond acceptors (Lipinski definition) is 5. The summed E-state index contributed by atoms with van der Waals surface area (Å²) in [4.78, 5) is 14.4. The van der Waals surface area contributed by atoms with Crippen LogP contribution in [0.2, 0.25) is 0 Å². The Morgan fingerprint density at radius 1 is 1.09 bits per heavy atom. The van der Waals surface area contributed by atoms with Gasteiger partial charge in [-0.25, -0.2) is 12.8 Å². The van der Waals surface area contributed by atoms with Crippen molar-refractivity contribution >= 4 is 15.9 Å². The van der Waals surface area contributed by atoms with Crippen LogP contribution in [0, 0.1) is 31.0 Å². The van der Waals surface area contributed by atoms with E-state index in [0.717, 1.165) is 11.6 Å². The highest BCUT2D eigenvalue weighted by Crippen LogP contribution is 2.25. The Morgan fingerprint density at radius 3 is 2.38 bits per heavy atom. The molecule has 2 heterocycles. The first-order valence-electron chi connectivity index (χ1n) is 10.8. The maximum absolute atomic E-state index is 14.3. The Labute approximate surface area is 197 Å². The summed E-state index contributed by atoms with van der Waals surface area (Å²) in [5.41, 5.74) is 1.98. The van der Waals surface area contributed by atoms with Gasteiger partial charge in [0.1, 0.15) is 10.7 Å². The fraction of sp³-hybridized carbons (Fsp3) is 0.292. The van der Waals surface area contributed by atoms with E-state index in [-0.39, 0.29) is 42.2 Å². The zero-order valence-electron chi connectivity index (χ0n) is 18.9. The summed E-state index contributed by atoms with van der Waals surface area (Å²) in [6.07, 6.45) is 0. The van der Waals surface area contributed by atoms with Crippen molar-refractivity contribution < 1.29 is 17.6 Å². The third-order valence-electron chi connectivity index (χ3n) is 5.94. The average Bonchev–Trinajstić information content (AvgIpc) is 3.12. The summed E-state index contributed by atoms with van der Waals surface area (Å²) in [5, 5.41) is 13.3. The molecule has 1 saturated heterocycles. The fourth-order valence-corrected chi connectivity index (χ4v) is 5.95. The normalized spacial score (nSPS) is 14.7. The van der Waals surface area contributed by atoms with Crippen molar-refractivity contribution in [3.05, 3.63) is 82.4 Å². The minimum atomic E-state index is -3.82. The van der Waals surface area contributed by atoms with Gasteiger partial charge in [0, 0.05) is 26.2 Å². The van der Waals surface area contributed by atoms with E-state index in [0.29, 0.717) is 17.9 Å². The first-order chi connectivity index (χ1) is 16.2. The molecule has 10 heteroatoms. The predicted octanol–water partition coefficient (Wildman–Crippen LogP) is 2.71. The van der Waals surface area contributed by atoms with Crippen molar-refractivity contribution in [2.24, 2.45) is 0 Å². The van der Waals surface area contributed by atoms with Crippen LogP contribution in [0.25, 0.3) is 0 Å². The Balaban J connectivity index is 1.49. The second-order valence-corrected chi connectivity index (χ2v) is 10.0. The molecule has 0 aliphatic carbocycles. The highest BCUT2D eigenvalue weighted by atomic mass is 32.2. The van der Waals surface area contributed by atoms with Gasteiger partial charge in [0.05, 0.1) is 35.1 Å². The van der Waals surface area contributed by atoms with Crippen LogP contribution in [0.15, 0.2) is 53.4 Å². The molecule has 176 valence electrons. The maximum atomic E-state index is 14.3. The van der Waals surface area contributed by atoms with Crippen LogP contribution < -0.4 is 0 Å². The molecule has 1 aliphatic heterocycles. The summed E-state index contributed by atoms with van der Waals surface area (Å²) in [6, 6.07) is 15.2. The zero-order valence-corrected chi connectivity index (χ0v) is 19.7. The molecule has 0 bridgehead atoms. The summed E-state index contributed by atoms with van der Waals surface area (Å²) in [7, 11) is -3.82. The molecule has 0 saturated carbocycles. The van der Waals surface area contributed by atoms with Crippen molar-refractivity contribution in [2.75, 3.05) is 26.2 Å². The lowest BCUT2D eigenvalue weighted by Crippen LogP contribution is -2.50. The second-order valence-electron chi connectivity index (χ2n) is 8.15. The van der Waals surface area contributed by atoms with Crippen LogP contribution in [0.5, 0.6) is 0 Å². The molecule has 8 nitrogen and oxygen atoms in total. The smallest absolute Gasteiger partial charge is 0.256 e. The first kappa shape index (κ1) is 23.6. The predicted molar refractivity (Wildman–Crippen MR) is 123 cm³/mol.